The molecule has 1 heterocycles. The molecule has 0 radical (unpaired) electrons. The van der Waals surface area contributed by atoms with Gasteiger partial charge in [-0.05, 0) is 59.7 Å². The van der Waals surface area contributed by atoms with E-state index >= 15 is 0 Å². The summed E-state index contributed by atoms with van der Waals surface area (Å²) in [4.78, 5) is 9.72. The third kappa shape index (κ3) is 5.49. The fraction of sp³-hybridized carbons (Fsp3) is 0.200. The third-order valence-corrected chi connectivity index (χ3v) is 5.87. The van der Waals surface area contributed by atoms with Gasteiger partial charge in [0, 0.05) is 0 Å². The molecular weight excluding hydrogens is 484 g/mol. The summed E-state index contributed by atoms with van der Waals surface area (Å²) in [6.07, 6.45) is 7.68. The van der Waals surface area contributed by atoms with Crippen LogP contribution in [0, 0.1) is 0 Å². The number of nitrogens with zero attached hydrogens (tertiary/aromatic N) is 2. The van der Waals surface area contributed by atoms with E-state index in [1.807, 2.05) is 72.8 Å². The van der Waals surface area contributed by atoms with Gasteiger partial charge in [-0.1, -0.05) is 24.3 Å². The van der Waals surface area contributed by atoms with E-state index in [1.54, 1.807) is 42.7 Å². The van der Waals surface area contributed by atoms with Gasteiger partial charge in [-0.25, -0.2) is 9.97 Å². The molecule has 0 aliphatic rings. The largest absolute Gasteiger partial charge is 0.493 e. The van der Waals surface area contributed by atoms with Gasteiger partial charge in [-0.2, -0.15) is 0 Å². The number of aromatic nitrogens is 2. The molecule has 8 heteroatoms. The summed E-state index contributed by atoms with van der Waals surface area (Å²) in [6, 6.07) is 15.2. The summed E-state index contributed by atoms with van der Waals surface area (Å²) >= 11 is 0. The van der Waals surface area contributed by atoms with Crippen molar-refractivity contribution in [1.82, 2.24) is 9.97 Å². The molecule has 1 aromatic heterocycles. The van der Waals surface area contributed by atoms with Crippen molar-refractivity contribution < 1.29 is 28.4 Å². The molecule has 8 nitrogen and oxygen atoms in total. The predicted octanol–water partition coefficient (Wildman–Crippen LogP) is 6.02. The number of methoxy groups -OCH3 is 6. The molecule has 0 atom stereocenters. The Bertz CT molecular complexity index is 1330. The lowest BCUT2D eigenvalue weighted by Gasteiger charge is -2.13. The Morgan fingerprint density at radius 3 is 1.11 bits per heavy atom. The lowest BCUT2D eigenvalue weighted by Crippen LogP contribution is -1.96. The van der Waals surface area contributed by atoms with Gasteiger partial charge < -0.3 is 28.4 Å². The van der Waals surface area contributed by atoms with Crippen LogP contribution in [0.5, 0.6) is 34.5 Å². The number of rotatable bonds is 10. The van der Waals surface area contributed by atoms with Gasteiger partial charge in [-0.3, -0.25) is 0 Å². The van der Waals surface area contributed by atoms with E-state index in [2.05, 4.69) is 0 Å². The summed E-state index contributed by atoms with van der Waals surface area (Å²) in [5.74, 6) is 3.34. The maximum Gasteiger partial charge on any atom is 0.203 e. The summed E-state index contributed by atoms with van der Waals surface area (Å²) < 4.78 is 32.8. The standard InChI is InChI=1S/C30H30N2O6/c1-33-25-15-19(16-26(34-2)29(25)37-5)11-13-23-24(32-22-10-8-7-9-21(22)31-23)14-12-20-17-27(35-3)30(38-6)28(18-20)36-4/h7-18H,1-6H3/b13-11-,14-12+. The van der Waals surface area contributed by atoms with Crippen molar-refractivity contribution in [2.24, 2.45) is 0 Å². The van der Waals surface area contributed by atoms with E-state index in [0.29, 0.717) is 45.9 Å². The smallest absolute Gasteiger partial charge is 0.203 e. The van der Waals surface area contributed by atoms with E-state index in [-0.39, 0.29) is 0 Å². The molecule has 3 aromatic carbocycles. The van der Waals surface area contributed by atoms with Crippen molar-refractivity contribution in [3.8, 4) is 34.5 Å². The molecule has 0 saturated carbocycles. The molecule has 4 aromatic rings. The Morgan fingerprint density at radius 1 is 0.474 bits per heavy atom. The van der Waals surface area contributed by atoms with Crippen molar-refractivity contribution in [2.45, 2.75) is 0 Å². The second-order valence-electron chi connectivity index (χ2n) is 8.07. The van der Waals surface area contributed by atoms with Crippen LogP contribution >= 0.6 is 0 Å². The second kappa shape index (κ2) is 12.0. The first kappa shape index (κ1) is 26.3. The summed E-state index contributed by atoms with van der Waals surface area (Å²) in [5, 5.41) is 0. The SMILES string of the molecule is COc1cc(/C=C\c2nc3ccccc3nc2/C=C/c2cc(OC)c(OC)c(OC)c2)cc(OC)c1OC. The normalized spacial score (nSPS) is 11.2. The van der Waals surface area contributed by atoms with E-state index in [4.69, 9.17) is 38.4 Å². The molecule has 0 fully saturated rings. The molecular formula is C30H30N2O6. The highest BCUT2D eigenvalue weighted by atomic mass is 16.5. The van der Waals surface area contributed by atoms with Crippen molar-refractivity contribution in [3.05, 3.63) is 71.0 Å². The zero-order valence-corrected chi connectivity index (χ0v) is 22.3. The fourth-order valence-corrected chi connectivity index (χ4v) is 4.02. The minimum Gasteiger partial charge on any atom is -0.493 e. The van der Waals surface area contributed by atoms with Gasteiger partial charge in [-0.15, -0.1) is 0 Å². The fourth-order valence-electron chi connectivity index (χ4n) is 4.02. The van der Waals surface area contributed by atoms with Crippen LogP contribution in [0.1, 0.15) is 22.5 Å². The lowest BCUT2D eigenvalue weighted by atomic mass is 10.1. The molecule has 4 rings (SSSR count). The van der Waals surface area contributed by atoms with Crippen LogP contribution < -0.4 is 28.4 Å². The first-order valence-electron chi connectivity index (χ1n) is 11.8. The van der Waals surface area contributed by atoms with Crippen LogP contribution in [0.4, 0.5) is 0 Å². The molecule has 38 heavy (non-hydrogen) atoms. The van der Waals surface area contributed by atoms with Gasteiger partial charge in [0.2, 0.25) is 11.5 Å². The zero-order chi connectivity index (χ0) is 27.1. The average Bonchev–Trinajstić information content (AvgIpc) is 2.97. The second-order valence-corrected chi connectivity index (χ2v) is 8.07. The van der Waals surface area contributed by atoms with Crippen LogP contribution in [0.15, 0.2) is 48.5 Å². The molecule has 0 amide bonds. The average molecular weight is 515 g/mol. The summed E-state index contributed by atoms with van der Waals surface area (Å²) in [6.45, 7) is 0. The minimum atomic E-state index is 0.534. The van der Waals surface area contributed by atoms with E-state index in [1.165, 1.54) is 0 Å². The van der Waals surface area contributed by atoms with Crippen molar-refractivity contribution in [3.63, 3.8) is 0 Å². The Labute approximate surface area is 222 Å². The Balaban J connectivity index is 1.78. The van der Waals surface area contributed by atoms with Crippen LogP contribution in [0.3, 0.4) is 0 Å². The number of fused-ring (bicyclic) bond motifs is 1. The highest BCUT2D eigenvalue weighted by Gasteiger charge is 2.14. The van der Waals surface area contributed by atoms with Gasteiger partial charge in [0.25, 0.3) is 0 Å². The van der Waals surface area contributed by atoms with Gasteiger partial charge >= 0.3 is 0 Å². The summed E-state index contributed by atoms with van der Waals surface area (Å²) in [7, 11) is 9.51. The first-order chi connectivity index (χ1) is 18.5. The van der Waals surface area contributed by atoms with E-state index in [0.717, 1.165) is 22.2 Å². The maximum atomic E-state index is 5.49. The molecule has 0 aliphatic carbocycles. The molecule has 0 unspecified atom stereocenters. The van der Waals surface area contributed by atoms with E-state index < -0.39 is 0 Å². The third-order valence-electron chi connectivity index (χ3n) is 5.87. The van der Waals surface area contributed by atoms with E-state index in [9.17, 15) is 0 Å². The number of hydrogen-bond acceptors (Lipinski definition) is 8. The van der Waals surface area contributed by atoms with Crippen LogP contribution in [0.25, 0.3) is 35.3 Å². The Morgan fingerprint density at radius 2 is 0.816 bits per heavy atom. The van der Waals surface area contributed by atoms with Crippen molar-refractivity contribution >= 4 is 35.3 Å². The molecule has 0 saturated heterocycles. The highest BCUT2D eigenvalue weighted by molar-refractivity contribution is 5.83. The Hall–Kier alpha value is -4.72. The number of benzene rings is 3. The predicted molar refractivity (Wildman–Crippen MR) is 150 cm³/mol. The zero-order valence-electron chi connectivity index (χ0n) is 22.3. The van der Waals surface area contributed by atoms with Crippen molar-refractivity contribution in [2.75, 3.05) is 42.7 Å². The van der Waals surface area contributed by atoms with Gasteiger partial charge in [0.05, 0.1) is 65.1 Å². The number of para-hydroxylation sites is 2. The van der Waals surface area contributed by atoms with Gasteiger partial charge in [0.15, 0.2) is 23.0 Å². The lowest BCUT2D eigenvalue weighted by molar-refractivity contribution is 0.324. The molecule has 0 spiro atoms. The quantitative estimate of drug-likeness (QED) is 0.254. The number of ether oxygens (including phenoxy) is 6. The Kier molecular flexibility index (Phi) is 8.33. The van der Waals surface area contributed by atoms with Crippen LogP contribution in [-0.2, 0) is 0 Å². The first-order valence-corrected chi connectivity index (χ1v) is 11.8. The number of hydrogen-bond donors (Lipinski definition) is 0. The molecule has 0 aliphatic heterocycles. The molecule has 196 valence electrons. The highest BCUT2D eigenvalue weighted by Crippen LogP contribution is 2.39. The summed E-state index contributed by atoms with van der Waals surface area (Å²) in [5.41, 5.74) is 4.69. The van der Waals surface area contributed by atoms with Crippen LogP contribution in [0.2, 0.25) is 0 Å². The van der Waals surface area contributed by atoms with Gasteiger partial charge in [0.1, 0.15) is 0 Å². The molecule has 0 N–H and O–H groups in total. The monoisotopic (exact) mass is 514 g/mol. The molecule has 0 bridgehead atoms. The maximum absolute atomic E-state index is 5.49. The topological polar surface area (TPSA) is 81.2 Å². The van der Waals surface area contributed by atoms with Crippen LogP contribution in [-0.4, -0.2) is 52.6 Å². The van der Waals surface area contributed by atoms with Crippen molar-refractivity contribution in [1.29, 1.82) is 0 Å². The minimum absolute atomic E-state index is 0.534.